The molecule has 0 atom stereocenters. The van der Waals surface area contributed by atoms with Crippen LogP contribution in [-0.2, 0) is 11.3 Å². The summed E-state index contributed by atoms with van der Waals surface area (Å²) in [7, 11) is 0. The topological polar surface area (TPSA) is 72.8 Å². The van der Waals surface area contributed by atoms with Crippen molar-refractivity contribution in [1.29, 1.82) is 0 Å². The van der Waals surface area contributed by atoms with E-state index in [0.29, 0.717) is 17.2 Å². The highest BCUT2D eigenvalue weighted by Gasteiger charge is 2.15. The van der Waals surface area contributed by atoms with E-state index in [1.54, 1.807) is 6.92 Å². The van der Waals surface area contributed by atoms with Crippen LogP contribution in [0.2, 0.25) is 0 Å². The molecule has 0 aliphatic rings. The maximum absolute atomic E-state index is 11.9. The normalized spacial score (nSPS) is 11.2. The smallest absolute Gasteiger partial charge is 0.317 e. The van der Waals surface area contributed by atoms with Gasteiger partial charge in [0.1, 0.15) is 0 Å². The standard InChI is InChI=1S/C10H9ClF2N4O2/c1-5-7(9(11)18)3-14-17(5)8-2-6(15-16-8)4-19-10(12)13/h2-3,10H,4H2,1H3,(H,15,16). The Morgan fingerprint density at radius 2 is 2.37 bits per heavy atom. The van der Waals surface area contributed by atoms with Crippen molar-refractivity contribution in [1.82, 2.24) is 20.0 Å². The van der Waals surface area contributed by atoms with Crippen LogP contribution in [-0.4, -0.2) is 31.8 Å². The first-order valence-corrected chi connectivity index (χ1v) is 5.55. The van der Waals surface area contributed by atoms with Gasteiger partial charge in [-0.2, -0.15) is 19.0 Å². The molecule has 9 heteroatoms. The number of aromatic nitrogens is 4. The lowest BCUT2D eigenvalue weighted by Crippen LogP contribution is -2.01. The largest absolute Gasteiger partial charge is 0.345 e. The molecule has 0 saturated heterocycles. The molecule has 2 aromatic heterocycles. The summed E-state index contributed by atoms with van der Waals surface area (Å²) in [6.45, 7) is -1.50. The third-order valence-electron chi connectivity index (χ3n) is 2.42. The minimum Gasteiger partial charge on any atom is -0.317 e. The van der Waals surface area contributed by atoms with Crippen LogP contribution in [0.15, 0.2) is 12.3 Å². The third kappa shape index (κ3) is 2.96. The Labute approximate surface area is 111 Å². The van der Waals surface area contributed by atoms with Crippen LogP contribution >= 0.6 is 11.6 Å². The second-order valence-electron chi connectivity index (χ2n) is 3.65. The molecule has 2 aromatic rings. The number of ether oxygens (including phenoxy) is 1. The molecule has 0 aromatic carbocycles. The van der Waals surface area contributed by atoms with Crippen LogP contribution in [0.25, 0.3) is 5.82 Å². The van der Waals surface area contributed by atoms with Crippen molar-refractivity contribution in [3.63, 3.8) is 0 Å². The Hall–Kier alpha value is -1.80. The highest BCUT2D eigenvalue weighted by atomic mass is 35.5. The summed E-state index contributed by atoms with van der Waals surface area (Å²) < 4.78 is 29.3. The quantitative estimate of drug-likeness (QED) is 0.855. The first kappa shape index (κ1) is 13.6. The summed E-state index contributed by atoms with van der Waals surface area (Å²) in [6.07, 6.45) is 1.31. The maximum Gasteiger partial charge on any atom is 0.345 e. The SMILES string of the molecule is Cc1c(C(=O)Cl)cnn1-c1cc(COC(F)F)[nH]n1. The van der Waals surface area contributed by atoms with Crippen molar-refractivity contribution in [2.45, 2.75) is 20.1 Å². The van der Waals surface area contributed by atoms with Crippen LogP contribution in [0.4, 0.5) is 8.78 Å². The van der Waals surface area contributed by atoms with E-state index in [1.807, 2.05) is 0 Å². The lowest BCUT2D eigenvalue weighted by Gasteiger charge is -1.99. The summed E-state index contributed by atoms with van der Waals surface area (Å²) in [6, 6.07) is 1.49. The summed E-state index contributed by atoms with van der Waals surface area (Å²) >= 11 is 5.38. The lowest BCUT2D eigenvalue weighted by atomic mass is 10.3. The number of nitrogens with one attached hydrogen (secondary N) is 1. The van der Waals surface area contributed by atoms with E-state index in [9.17, 15) is 13.6 Å². The molecular weight excluding hydrogens is 282 g/mol. The highest BCUT2D eigenvalue weighted by molar-refractivity contribution is 6.67. The van der Waals surface area contributed by atoms with Gasteiger partial charge >= 0.3 is 6.61 Å². The number of aromatic amines is 1. The molecule has 2 heterocycles. The molecule has 102 valence electrons. The van der Waals surface area contributed by atoms with Gasteiger partial charge in [-0.15, -0.1) is 0 Å². The zero-order valence-corrected chi connectivity index (χ0v) is 10.5. The van der Waals surface area contributed by atoms with E-state index in [4.69, 9.17) is 11.6 Å². The van der Waals surface area contributed by atoms with Crippen molar-refractivity contribution < 1.29 is 18.3 Å². The van der Waals surface area contributed by atoms with Crippen LogP contribution < -0.4 is 0 Å². The van der Waals surface area contributed by atoms with Gasteiger partial charge in [0.15, 0.2) is 5.82 Å². The molecule has 6 nitrogen and oxygen atoms in total. The van der Waals surface area contributed by atoms with Crippen LogP contribution in [0.3, 0.4) is 0 Å². The Morgan fingerprint density at radius 3 is 2.95 bits per heavy atom. The molecule has 0 unspecified atom stereocenters. The van der Waals surface area contributed by atoms with Gasteiger partial charge in [0, 0.05) is 6.07 Å². The molecule has 0 radical (unpaired) electrons. The number of carbonyl (C=O) groups is 1. The maximum atomic E-state index is 11.9. The summed E-state index contributed by atoms with van der Waals surface area (Å²) in [5.74, 6) is 0.356. The van der Waals surface area contributed by atoms with Gasteiger partial charge in [-0.05, 0) is 18.5 Å². The fourth-order valence-electron chi connectivity index (χ4n) is 1.52. The van der Waals surface area contributed by atoms with E-state index in [0.717, 1.165) is 0 Å². The molecule has 0 aliphatic heterocycles. The van der Waals surface area contributed by atoms with Crippen molar-refractivity contribution >= 4 is 16.8 Å². The second kappa shape index (κ2) is 5.45. The average Bonchev–Trinajstić information content (AvgIpc) is 2.92. The number of carbonyl (C=O) groups excluding carboxylic acids is 1. The number of hydrogen-bond donors (Lipinski definition) is 1. The molecule has 1 N–H and O–H groups in total. The first-order valence-electron chi connectivity index (χ1n) is 5.18. The van der Waals surface area contributed by atoms with Gasteiger partial charge in [-0.1, -0.05) is 0 Å². The van der Waals surface area contributed by atoms with E-state index >= 15 is 0 Å². The monoisotopic (exact) mass is 290 g/mol. The fourth-order valence-corrected chi connectivity index (χ4v) is 1.70. The Balaban J connectivity index is 2.21. The fraction of sp³-hybridized carbons (Fsp3) is 0.300. The molecular formula is C10H9ClF2N4O2. The van der Waals surface area contributed by atoms with E-state index in [2.05, 4.69) is 20.0 Å². The predicted octanol–water partition coefficient (Wildman–Crippen LogP) is 2.02. The second-order valence-corrected chi connectivity index (χ2v) is 4.00. The zero-order valence-electron chi connectivity index (χ0n) is 9.73. The molecule has 0 fully saturated rings. The van der Waals surface area contributed by atoms with Crippen LogP contribution in [0.1, 0.15) is 21.7 Å². The van der Waals surface area contributed by atoms with E-state index in [1.165, 1.54) is 16.9 Å². The van der Waals surface area contributed by atoms with Gasteiger partial charge in [0.25, 0.3) is 5.24 Å². The van der Waals surface area contributed by atoms with Gasteiger partial charge in [-0.3, -0.25) is 9.89 Å². The Bertz CT molecular complexity index is 596. The number of hydrogen-bond acceptors (Lipinski definition) is 4. The number of rotatable bonds is 5. The van der Waals surface area contributed by atoms with Gasteiger partial charge < -0.3 is 4.74 Å². The van der Waals surface area contributed by atoms with Crippen molar-refractivity contribution in [2.75, 3.05) is 0 Å². The Morgan fingerprint density at radius 1 is 1.63 bits per heavy atom. The minimum atomic E-state index is -2.85. The summed E-state index contributed by atoms with van der Waals surface area (Å²) in [5.41, 5.74) is 1.13. The zero-order chi connectivity index (χ0) is 14.0. The number of halogens is 3. The number of nitrogens with zero attached hydrogens (tertiary/aromatic N) is 3. The molecule has 19 heavy (non-hydrogen) atoms. The molecule has 2 rings (SSSR count). The minimum absolute atomic E-state index is 0.259. The molecule has 0 amide bonds. The first-order chi connectivity index (χ1) is 8.99. The van der Waals surface area contributed by atoms with Gasteiger partial charge in [-0.25, -0.2) is 4.68 Å². The van der Waals surface area contributed by atoms with Gasteiger partial charge in [0.05, 0.1) is 29.8 Å². The average molecular weight is 291 g/mol. The lowest BCUT2D eigenvalue weighted by molar-refractivity contribution is -0.137. The van der Waals surface area contributed by atoms with E-state index in [-0.39, 0.29) is 12.2 Å². The van der Waals surface area contributed by atoms with Crippen molar-refractivity contribution in [3.05, 3.63) is 29.2 Å². The molecule has 0 bridgehead atoms. The Kier molecular flexibility index (Phi) is 3.91. The van der Waals surface area contributed by atoms with E-state index < -0.39 is 11.9 Å². The number of alkyl halides is 2. The summed E-state index contributed by atoms with van der Waals surface area (Å²) in [4.78, 5) is 11.1. The van der Waals surface area contributed by atoms with Crippen LogP contribution in [0.5, 0.6) is 0 Å². The highest BCUT2D eigenvalue weighted by Crippen LogP contribution is 2.15. The van der Waals surface area contributed by atoms with Crippen molar-refractivity contribution in [2.24, 2.45) is 0 Å². The third-order valence-corrected chi connectivity index (χ3v) is 2.62. The van der Waals surface area contributed by atoms with Gasteiger partial charge in [0.2, 0.25) is 0 Å². The molecule has 0 saturated carbocycles. The predicted molar refractivity (Wildman–Crippen MR) is 61.4 cm³/mol. The van der Waals surface area contributed by atoms with Crippen LogP contribution in [0, 0.1) is 6.92 Å². The molecule has 0 spiro atoms. The van der Waals surface area contributed by atoms with Crippen molar-refractivity contribution in [3.8, 4) is 5.82 Å². The summed E-state index contributed by atoms with van der Waals surface area (Å²) in [5, 5.41) is 9.76. The number of H-pyrrole nitrogens is 1. The molecule has 0 aliphatic carbocycles.